The summed E-state index contributed by atoms with van der Waals surface area (Å²) < 4.78 is 15.0. The number of nitrogens with one attached hydrogen (secondary N) is 1. The number of nitrogens with zero attached hydrogens (tertiary/aromatic N) is 2. The van der Waals surface area contributed by atoms with Gasteiger partial charge in [-0.25, -0.2) is 4.79 Å². The van der Waals surface area contributed by atoms with Crippen molar-refractivity contribution < 1.29 is 38.3 Å². The molecule has 2 aromatic rings. The standard InChI is InChI=1S/C23H23N3O9/c1-3-34-22(29)14-4-6-16(7-5-14)25-12-15(10-21(25)28)23(30)35-13-20(27)24-18-11-17(33-2)8-9-19(18)26(31)32/h4-9,11,15H,3,10,12-13H2,1-2H3,(H,24,27)/t15-/m0/s1. The highest BCUT2D eigenvalue weighted by molar-refractivity contribution is 6.00. The van der Waals surface area contributed by atoms with Crippen molar-refractivity contribution in [2.75, 3.05) is 37.1 Å². The van der Waals surface area contributed by atoms with Gasteiger partial charge in [-0.15, -0.1) is 0 Å². The molecule has 1 aliphatic heterocycles. The van der Waals surface area contributed by atoms with Gasteiger partial charge in [-0.1, -0.05) is 0 Å². The van der Waals surface area contributed by atoms with Crippen LogP contribution in [0.5, 0.6) is 5.75 Å². The molecule has 1 aliphatic rings. The van der Waals surface area contributed by atoms with Crippen LogP contribution in [0.4, 0.5) is 17.1 Å². The zero-order valence-corrected chi connectivity index (χ0v) is 19.0. The van der Waals surface area contributed by atoms with E-state index in [1.165, 1.54) is 42.3 Å². The first kappa shape index (κ1) is 25.1. The fourth-order valence-corrected chi connectivity index (χ4v) is 3.45. The van der Waals surface area contributed by atoms with Gasteiger partial charge in [0, 0.05) is 30.8 Å². The molecule has 1 heterocycles. The van der Waals surface area contributed by atoms with E-state index in [1.807, 2.05) is 0 Å². The number of ether oxygens (including phenoxy) is 3. The Labute approximate surface area is 199 Å². The lowest BCUT2D eigenvalue weighted by Crippen LogP contribution is -2.28. The fraction of sp³-hybridized carbons (Fsp3) is 0.304. The van der Waals surface area contributed by atoms with E-state index in [2.05, 4.69) is 5.32 Å². The average Bonchev–Trinajstić information content (AvgIpc) is 3.24. The molecule has 0 radical (unpaired) electrons. The first-order valence-corrected chi connectivity index (χ1v) is 10.6. The number of amides is 2. The van der Waals surface area contributed by atoms with Crippen LogP contribution in [0.15, 0.2) is 42.5 Å². The van der Waals surface area contributed by atoms with Gasteiger partial charge in [0.1, 0.15) is 11.4 Å². The summed E-state index contributed by atoms with van der Waals surface area (Å²) in [6.45, 7) is 1.29. The van der Waals surface area contributed by atoms with Crippen LogP contribution in [0, 0.1) is 16.0 Å². The van der Waals surface area contributed by atoms with E-state index >= 15 is 0 Å². The van der Waals surface area contributed by atoms with E-state index in [9.17, 15) is 29.3 Å². The van der Waals surface area contributed by atoms with Gasteiger partial charge < -0.3 is 24.4 Å². The molecule has 0 saturated carbocycles. The minimum absolute atomic E-state index is 0.0411. The Bertz CT molecular complexity index is 1150. The number of esters is 2. The quantitative estimate of drug-likeness (QED) is 0.320. The van der Waals surface area contributed by atoms with Crippen molar-refractivity contribution >= 4 is 40.8 Å². The van der Waals surface area contributed by atoms with Crippen LogP contribution in [0.25, 0.3) is 0 Å². The van der Waals surface area contributed by atoms with Gasteiger partial charge in [0.05, 0.1) is 30.1 Å². The van der Waals surface area contributed by atoms with Crippen LogP contribution >= 0.6 is 0 Å². The largest absolute Gasteiger partial charge is 0.497 e. The van der Waals surface area contributed by atoms with Crippen molar-refractivity contribution in [3.8, 4) is 5.75 Å². The van der Waals surface area contributed by atoms with E-state index in [0.717, 1.165) is 0 Å². The number of carbonyl (C=O) groups excluding carboxylic acids is 4. The summed E-state index contributed by atoms with van der Waals surface area (Å²) in [5.41, 5.74) is 0.377. The van der Waals surface area contributed by atoms with Gasteiger partial charge in [-0.05, 0) is 37.3 Å². The summed E-state index contributed by atoms with van der Waals surface area (Å²) in [6, 6.07) is 10.0. The molecule has 3 rings (SSSR count). The topological polar surface area (TPSA) is 154 Å². The number of anilines is 2. The molecular formula is C23H23N3O9. The molecule has 1 N–H and O–H groups in total. The van der Waals surface area contributed by atoms with E-state index in [0.29, 0.717) is 17.0 Å². The summed E-state index contributed by atoms with van der Waals surface area (Å²) in [6.07, 6.45) is -0.110. The summed E-state index contributed by atoms with van der Waals surface area (Å²) >= 11 is 0. The van der Waals surface area contributed by atoms with Gasteiger partial charge in [0.15, 0.2) is 6.61 Å². The molecule has 0 aliphatic carbocycles. The number of nitro benzene ring substituents is 1. The summed E-state index contributed by atoms with van der Waals surface area (Å²) in [4.78, 5) is 60.8. The predicted octanol–water partition coefficient (Wildman–Crippen LogP) is 2.31. The number of benzene rings is 2. The van der Waals surface area contributed by atoms with Crippen LogP contribution in [0.2, 0.25) is 0 Å². The molecule has 1 fully saturated rings. The molecule has 1 atom stereocenters. The first-order valence-electron chi connectivity index (χ1n) is 10.6. The molecule has 12 nitrogen and oxygen atoms in total. The third-order valence-electron chi connectivity index (χ3n) is 5.17. The Kier molecular flexibility index (Phi) is 7.97. The monoisotopic (exact) mass is 485 g/mol. The minimum atomic E-state index is -0.800. The number of methoxy groups -OCH3 is 1. The molecule has 0 spiro atoms. The Morgan fingerprint density at radius 3 is 2.49 bits per heavy atom. The SMILES string of the molecule is CCOC(=O)c1ccc(N2C[C@@H](C(=O)OCC(=O)Nc3cc(OC)ccc3[N+](=O)[O-])CC2=O)cc1. The predicted molar refractivity (Wildman–Crippen MR) is 122 cm³/mol. The minimum Gasteiger partial charge on any atom is -0.497 e. The molecule has 35 heavy (non-hydrogen) atoms. The average molecular weight is 485 g/mol. The molecule has 12 heteroatoms. The van der Waals surface area contributed by atoms with E-state index < -0.39 is 35.3 Å². The summed E-state index contributed by atoms with van der Waals surface area (Å²) in [5, 5.41) is 13.5. The molecule has 184 valence electrons. The van der Waals surface area contributed by atoms with Crippen molar-refractivity contribution in [2.45, 2.75) is 13.3 Å². The molecular weight excluding hydrogens is 462 g/mol. The maximum atomic E-state index is 12.4. The molecule has 2 amide bonds. The number of hydrogen-bond donors (Lipinski definition) is 1. The lowest BCUT2D eigenvalue weighted by molar-refractivity contribution is -0.383. The van der Waals surface area contributed by atoms with Crippen LogP contribution in [-0.4, -0.2) is 55.5 Å². The third kappa shape index (κ3) is 6.10. The van der Waals surface area contributed by atoms with Crippen LogP contribution in [-0.2, 0) is 23.9 Å². The number of rotatable bonds is 9. The smallest absolute Gasteiger partial charge is 0.338 e. The van der Waals surface area contributed by atoms with Gasteiger partial charge in [0.25, 0.3) is 11.6 Å². The second-order valence-corrected chi connectivity index (χ2v) is 7.47. The van der Waals surface area contributed by atoms with Crippen LogP contribution in [0.1, 0.15) is 23.7 Å². The van der Waals surface area contributed by atoms with Crippen molar-refractivity contribution in [1.29, 1.82) is 0 Å². The highest BCUT2D eigenvalue weighted by Crippen LogP contribution is 2.29. The highest BCUT2D eigenvalue weighted by atomic mass is 16.6. The molecule has 0 unspecified atom stereocenters. The van der Waals surface area contributed by atoms with Crippen molar-refractivity contribution in [1.82, 2.24) is 0 Å². The van der Waals surface area contributed by atoms with E-state index in [1.54, 1.807) is 19.1 Å². The highest BCUT2D eigenvalue weighted by Gasteiger charge is 2.36. The fourth-order valence-electron chi connectivity index (χ4n) is 3.45. The molecule has 1 saturated heterocycles. The van der Waals surface area contributed by atoms with E-state index in [-0.39, 0.29) is 36.9 Å². The Hall–Kier alpha value is -4.48. The molecule has 0 aromatic heterocycles. The Morgan fingerprint density at radius 2 is 1.86 bits per heavy atom. The maximum absolute atomic E-state index is 12.4. The van der Waals surface area contributed by atoms with Gasteiger partial charge in [-0.2, -0.15) is 0 Å². The zero-order chi connectivity index (χ0) is 25.5. The third-order valence-corrected chi connectivity index (χ3v) is 5.17. The number of hydrogen-bond acceptors (Lipinski definition) is 9. The second kappa shape index (κ2) is 11.1. The van der Waals surface area contributed by atoms with Crippen molar-refractivity contribution in [2.24, 2.45) is 5.92 Å². The van der Waals surface area contributed by atoms with Crippen LogP contribution < -0.4 is 15.0 Å². The normalized spacial score (nSPS) is 14.9. The molecule has 0 bridgehead atoms. The maximum Gasteiger partial charge on any atom is 0.338 e. The van der Waals surface area contributed by atoms with Gasteiger partial charge >= 0.3 is 11.9 Å². The first-order chi connectivity index (χ1) is 16.7. The van der Waals surface area contributed by atoms with Crippen molar-refractivity contribution in [3.63, 3.8) is 0 Å². The summed E-state index contributed by atoms with van der Waals surface area (Å²) in [5.74, 6) is -2.84. The van der Waals surface area contributed by atoms with Crippen LogP contribution in [0.3, 0.4) is 0 Å². The second-order valence-electron chi connectivity index (χ2n) is 7.47. The summed E-state index contributed by atoms with van der Waals surface area (Å²) in [7, 11) is 1.37. The van der Waals surface area contributed by atoms with Gasteiger partial charge in [0.2, 0.25) is 5.91 Å². The van der Waals surface area contributed by atoms with E-state index in [4.69, 9.17) is 14.2 Å². The van der Waals surface area contributed by atoms with Gasteiger partial charge in [-0.3, -0.25) is 24.5 Å². The Balaban J connectivity index is 1.57. The zero-order valence-electron chi connectivity index (χ0n) is 19.0. The number of nitro groups is 1. The van der Waals surface area contributed by atoms with Crippen molar-refractivity contribution in [3.05, 3.63) is 58.1 Å². The number of carbonyl (C=O) groups is 4. The lowest BCUT2D eigenvalue weighted by atomic mass is 10.1. The molecule has 2 aromatic carbocycles. The lowest BCUT2D eigenvalue weighted by Gasteiger charge is -2.17. The Morgan fingerprint density at radius 1 is 1.14 bits per heavy atom.